The molecular weight excluding hydrogens is 460 g/mol. The minimum atomic E-state index is -0.104. The van der Waals surface area contributed by atoms with E-state index in [0.717, 1.165) is 72.1 Å². The number of allylic oxidation sites excluding steroid dienone is 3. The fourth-order valence-electron chi connectivity index (χ4n) is 5.21. The summed E-state index contributed by atoms with van der Waals surface area (Å²) in [5, 5.41) is 12.1. The van der Waals surface area contributed by atoms with Gasteiger partial charge < -0.3 is 5.32 Å². The van der Waals surface area contributed by atoms with E-state index >= 15 is 0 Å². The highest BCUT2D eigenvalue weighted by atomic mass is 16.1. The van der Waals surface area contributed by atoms with Crippen LogP contribution in [-0.2, 0) is 11.8 Å². The van der Waals surface area contributed by atoms with Gasteiger partial charge in [-0.25, -0.2) is 0 Å². The average Bonchev–Trinajstić information content (AvgIpc) is 3.53. The van der Waals surface area contributed by atoms with E-state index in [1.54, 1.807) is 0 Å². The smallest absolute Gasteiger partial charge is 0.243 e. The van der Waals surface area contributed by atoms with E-state index in [9.17, 15) is 4.79 Å². The molecule has 0 bridgehead atoms. The number of amides is 1. The van der Waals surface area contributed by atoms with Gasteiger partial charge in [0.2, 0.25) is 5.91 Å². The first-order valence-electron chi connectivity index (χ1n) is 13.1. The van der Waals surface area contributed by atoms with Crippen molar-refractivity contribution in [1.29, 1.82) is 0 Å². The van der Waals surface area contributed by atoms with E-state index in [1.165, 1.54) is 11.6 Å². The molecule has 7 heteroatoms. The van der Waals surface area contributed by atoms with Crippen LogP contribution in [0.25, 0.3) is 16.7 Å². The second-order valence-corrected chi connectivity index (χ2v) is 9.92. The number of nitrogens with zero attached hydrogens (tertiary/aromatic N) is 5. The third kappa shape index (κ3) is 5.71. The maximum Gasteiger partial charge on any atom is 0.243 e. The van der Waals surface area contributed by atoms with E-state index in [2.05, 4.69) is 65.1 Å². The van der Waals surface area contributed by atoms with Gasteiger partial charge in [0.15, 0.2) is 0 Å². The lowest BCUT2D eigenvalue weighted by Crippen LogP contribution is -2.38. The summed E-state index contributed by atoms with van der Waals surface area (Å²) in [5.74, 6) is -0.104. The Morgan fingerprint density at radius 3 is 2.76 bits per heavy atom. The lowest BCUT2D eigenvalue weighted by molar-refractivity contribution is -0.117. The molecule has 0 radical (unpaired) electrons. The third-order valence-electron chi connectivity index (χ3n) is 7.29. The van der Waals surface area contributed by atoms with Crippen LogP contribution < -0.4 is 5.32 Å². The highest BCUT2D eigenvalue weighted by Crippen LogP contribution is 2.31. The number of carbonyl (C=O) groups is 1. The second kappa shape index (κ2) is 10.9. The number of hydrogen-bond acceptors (Lipinski definition) is 4. The van der Waals surface area contributed by atoms with E-state index in [1.807, 2.05) is 36.5 Å². The molecule has 0 saturated heterocycles. The van der Waals surface area contributed by atoms with Crippen molar-refractivity contribution in [1.82, 2.24) is 24.9 Å². The SMILES string of the molecule is C=CC(=O)NC1CCCC(n2cc(C3=CN=C(c4cccc(-c5cnn(C)c5)c4)CC(CC)=C3)cn2)C1. The van der Waals surface area contributed by atoms with Crippen LogP contribution in [-0.4, -0.2) is 37.2 Å². The Kier molecular flexibility index (Phi) is 7.30. The van der Waals surface area contributed by atoms with E-state index in [4.69, 9.17) is 10.1 Å². The largest absolute Gasteiger partial charge is 0.350 e. The molecule has 7 nitrogen and oxygen atoms in total. The number of benzene rings is 1. The van der Waals surface area contributed by atoms with Gasteiger partial charge in [-0.3, -0.25) is 19.2 Å². The van der Waals surface area contributed by atoms with Crippen LogP contribution in [0.2, 0.25) is 0 Å². The molecule has 3 heterocycles. The summed E-state index contributed by atoms with van der Waals surface area (Å²) in [6.07, 6.45) is 19.3. The van der Waals surface area contributed by atoms with Crippen LogP contribution in [0.15, 0.2) is 84.5 Å². The van der Waals surface area contributed by atoms with Gasteiger partial charge >= 0.3 is 0 Å². The zero-order chi connectivity index (χ0) is 25.8. The summed E-state index contributed by atoms with van der Waals surface area (Å²) in [6, 6.07) is 8.97. The van der Waals surface area contributed by atoms with Crippen molar-refractivity contribution in [2.45, 2.75) is 57.5 Å². The lowest BCUT2D eigenvalue weighted by atomic mass is 9.91. The molecule has 1 N–H and O–H groups in total. The first kappa shape index (κ1) is 24.7. The molecular formula is C30H34N6O. The molecule has 2 aromatic heterocycles. The van der Waals surface area contributed by atoms with Gasteiger partial charge in [0.05, 0.1) is 24.1 Å². The predicted octanol–water partition coefficient (Wildman–Crippen LogP) is 5.64. The molecule has 1 aliphatic heterocycles. The van der Waals surface area contributed by atoms with Gasteiger partial charge in [-0.15, -0.1) is 0 Å². The fourth-order valence-corrected chi connectivity index (χ4v) is 5.21. The maximum atomic E-state index is 11.8. The summed E-state index contributed by atoms with van der Waals surface area (Å²) in [4.78, 5) is 16.7. The van der Waals surface area contributed by atoms with Crippen molar-refractivity contribution in [2.75, 3.05) is 0 Å². The lowest BCUT2D eigenvalue weighted by Gasteiger charge is -2.29. The molecule has 1 aliphatic carbocycles. The summed E-state index contributed by atoms with van der Waals surface area (Å²) in [6.45, 7) is 5.76. The quantitative estimate of drug-likeness (QED) is 0.432. The van der Waals surface area contributed by atoms with Crippen LogP contribution >= 0.6 is 0 Å². The minimum absolute atomic E-state index is 0.104. The Morgan fingerprint density at radius 2 is 1.97 bits per heavy atom. The Balaban J connectivity index is 1.38. The number of hydrogen-bond donors (Lipinski definition) is 1. The number of carbonyl (C=O) groups excluding carboxylic acids is 1. The Hall–Kier alpha value is -4.00. The van der Waals surface area contributed by atoms with Gasteiger partial charge in [0.25, 0.3) is 0 Å². The fraction of sp³-hybridized carbons (Fsp3) is 0.333. The molecule has 2 atom stereocenters. The highest BCUT2D eigenvalue weighted by Gasteiger charge is 2.25. The molecule has 37 heavy (non-hydrogen) atoms. The molecule has 1 fully saturated rings. The monoisotopic (exact) mass is 494 g/mol. The summed E-state index contributed by atoms with van der Waals surface area (Å²) in [7, 11) is 1.93. The van der Waals surface area contributed by atoms with Crippen molar-refractivity contribution in [2.24, 2.45) is 12.0 Å². The summed E-state index contributed by atoms with van der Waals surface area (Å²) >= 11 is 0. The van der Waals surface area contributed by atoms with Crippen molar-refractivity contribution in [3.8, 4) is 11.1 Å². The zero-order valence-electron chi connectivity index (χ0n) is 21.6. The van der Waals surface area contributed by atoms with Crippen molar-refractivity contribution in [3.05, 3.63) is 90.7 Å². The van der Waals surface area contributed by atoms with Crippen LogP contribution in [0.5, 0.6) is 0 Å². The minimum Gasteiger partial charge on any atom is -0.350 e. The highest BCUT2D eigenvalue weighted by molar-refractivity contribution is 6.04. The molecule has 2 unspecified atom stereocenters. The van der Waals surface area contributed by atoms with Crippen molar-refractivity contribution in [3.63, 3.8) is 0 Å². The third-order valence-corrected chi connectivity index (χ3v) is 7.29. The number of aryl methyl sites for hydroxylation is 1. The molecule has 3 aromatic rings. The second-order valence-electron chi connectivity index (χ2n) is 9.92. The van der Waals surface area contributed by atoms with Crippen LogP contribution in [0.4, 0.5) is 0 Å². The van der Waals surface area contributed by atoms with Crippen LogP contribution in [0.1, 0.15) is 62.6 Å². The van der Waals surface area contributed by atoms with Gasteiger partial charge in [0.1, 0.15) is 0 Å². The van der Waals surface area contributed by atoms with Crippen LogP contribution in [0.3, 0.4) is 0 Å². The predicted molar refractivity (Wildman–Crippen MR) is 148 cm³/mol. The first-order valence-corrected chi connectivity index (χ1v) is 13.1. The van der Waals surface area contributed by atoms with E-state index in [-0.39, 0.29) is 18.0 Å². The summed E-state index contributed by atoms with van der Waals surface area (Å²) in [5.41, 5.74) is 7.92. The Bertz CT molecular complexity index is 1390. The molecule has 190 valence electrons. The molecule has 2 aliphatic rings. The van der Waals surface area contributed by atoms with Gasteiger partial charge in [-0.1, -0.05) is 43.4 Å². The van der Waals surface area contributed by atoms with E-state index < -0.39 is 0 Å². The van der Waals surface area contributed by atoms with Gasteiger partial charge in [-0.05, 0) is 55.4 Å². The topological polar surface area (TPSA) is 77.1 Å². The van der Waals surface area contributed by atoms with Crippen molar-refractivity contribution >= 4 is 17.2 Å². The zero-order valence-corrected chi connectivity index (χ0v) is 21.6. The normalized spacial score (nSPS) is 19.9. The first-order chi connectivity index (χ1) is 18.0. The number of aromatic nitrogens is 4. The molecule has 1 aromatic carbocycles. The Labute approximate surface area is 218 Å². The standard InChI is InChI=1S/C30H34N6O/c1-4-21-12-24(26-18-33-36(20-26)28-11-7-10-27(15-28)34-30(37)5-2)16-31-29(13-21)23-9-6-8-22(14-23)25-17-32-35(3)19-25/h5-6,8-9,12,14,16-20,27-28H,2,4,7,10-11,13,15H2,1,3H3,(H,34,37). The van der Waals surface area contributed by atoms with Crippen LogP contribution in [0, 0.1) is 0 Å². The van der Waals surface area contributed by atoms with Gasteiger partial charge in [-0.2, -0.15) is 10.2 Å². The maximum absolute atomic E-state index is 11.8. The molecule has 0 spiro atoms. The van der Waals surface area contributed by atoms with Crippen molar-refractivity contribution < 1.29 is 4.79 Å². The molecule has 1 saturated carbocycles. The van der Waals surface area contributed by atoms with E-state index in [0.29, 0.717) is 0 Å². The Morgan fingerprint density at radius 1 is 1.14 bits per heavy atom. The molecule has 1 amide bonds. The number of rotatable bonds is 7. The average molecular weight is 495 g/mol. The number of aliphatic imine (C=N–C) groups is 1. The number of nitrogens with one attached hydrogen (secondary N) is 1. The summed E-state index contributed by atoms with van der Waals surface area (Å²) < 4.78 is 3.89. The van der Waals surface area contributed by atoms with Gasteiger partial charge in [0, 0.05) is 54.8 Å². The molecule has 5 rings (SSSR count).